The Morgan fingerprint density at radius 1 is 1.27 bits per heavy atom. The van der Waals surface area contributed by atoms with Gasteiger partial charge < -0.3 is 19.7 Å². The van der Waals surface area contributed by atoms with Crippen LogP contribution >= 0.6 is 0 Å². The Balaban J connectivity index is 1.58. The maximum atomic E-state index is 13.6. The van der Waals surface area contributed by atoms with E-state index in [0.29, 0.717) is 30.7 Å². The molecular formula is C25H31NO7. The first-order valence-corrected chi connectivity index (χ1v) is 11.6. The number of rotatable bonds is 3. The Hall–Kier alpha value is -2.32. The van der Waals surface area contributed by atoms with Crippen LogP contribution in [0.3, 0.4) is 0 Å². The average Bonchev–Trinajstić information content (AvgIpc) is 3.18. The lowest BCUT2D eigenvalue weighted by molar-refractivity contribution is -0.157. The van der Waals surface area contributed by atoms with Crippen LogP contribution in [0.4, 0.5) is 0 Å². The van der Waals surface area contributed by atoms with E-state index < -0.39 is 47.3 Å². The van der Waals surface area contributed by atoms with E-state index in [9.17, 15) is 24.6 Å². The molecule has 0 saturated heterocycles. The van der Waals surface area contributed by atoms with Gasteiger partial charge in [-0.3, -0.25) is 14.4 Å². The number of hydrogen-bond acceptors (Lipinski definition) is 8. The number of hydrogen-bond donors (Lipinski definition) is 2. The number of aliphatic hydroxyl groups excluding tert-OH is 2. The smallest absolute Gasteiger partial charge is 0.303 e. The summed E-state index contributed by atoms with van der Waals surface area (Å²) in [6, 6.07) is 0. The number of aliphatic imine (C=N–C) groups is 1. The van der Waals surface area contributed by atoms with E-state index in [4.69, 9.17) is 14.5 Å². The number of allylic oxidation sites excluding steroid dienone is 3. The van der Waals surface area contributed by atoms with Gasteiger partial charge in [-0.25, -0.2) is 4.99 Å². The van der Waals surface area contributed by atoms with E-state index in [0.717, 1.165) is 0 Å². The molecule has 2 N–H and O–H groups in total. The third-order valence-corrected chi connectivity index (χ3v) is 9.19. The highest BCUT2D eigenvalue weighted by atomic mass is 16.5. The highest BCUT2D eigenvalue weighted by Gasteiger charge is 2.75. The van der Waals surface area contributed by atoms with Gasteiger partial charge in [-0.15, -0.1) is 0 Å². The van der Waals surface area contributed by atoms with Gasteiger partial charge >= 0.3 is 5.97 Å². The molecule has 0 amide bonds. The fourth-order valence-electron chi connectivity index (χ4n) is 8.02. The SMILES string of the molecule is CC(=O)OCC(=O)[C@@]12N=C(C)O[C@@H]1C[C@H]1[C@@H]3C[C@H](O)C4=CC(=O)C=C[C@]4(C)[C@H]3[C@@H](O)C[C@@]12C. The zero-order valence-corrected chi connectivity index (χ0v) is 19.4. The van der Waals surface area contributed by atoms with Gasteiger partial charge in [0.05, 0.1) is 12.2 Å². The Morgan fingerprint density at radius 2 is 2.00 bits per heavy atom. The number of nitrogens with zero attached hydrogens (tertiary/aromatic N) is 1. The predicted octanol–water partition coefficient (Wildman–Crippen LogP) is 1.53. The second-order valence-corrected chi connectivity index (χ2v) is 10.8. The van der Waals surface area contributed by atoms with Crippen molar-refractivity contribution in [1.82, 2.24) is 0 Å². The topological polar surface area (TPSA) is 122 Å². The van der Waals surface area contributed by atoms with Gasteiger partial charge in [-0.1, -0.05) is 19.9 Å². The molecule has 1 heterocycles. The van der Waals surface area contributed by atoms with Gasteiger partial charge in [0.2, 0.25) is 5.78 Å². The van der Waals surface area contributed by atoms with Crippen molar-refractivity contribution in [2.24, 2.45) is 33.6 Å². The number of aliphatic hydroxyl groups is 2. The quantitative estimate of drug-likeness (QED) is 0.616. The number of carbonyl (C=O) groups excluding carboxylic acids is 3. The summed E-state index contributed by atoms with van der Waals surface area (Å²) in [5.41, 5.74) is -1.98. The minimum Gasteiger partial charge on any atom is -0.475 e. The van der Waals surface area contributed by atoms with Gasteiger partial charge in [0, 0.05) is 30.6 Å². The number of Topliss-reactive ketones (excluding diaryl/α,β-unsaturated/α-hetero) is 1. The summed E-state index contributed by atoms with van der Waals surface area (Å²) >= 11 is 0. The Kier molecular flexibility index (Phi) is 4.83. The van der Waals surface area contributed by atoms with Gasteiger partial charge in [-0.05, 0) is 48.8 Å². The van der Waals surface area contributed by atoms with Gasteiger partial charge in [0.15, 0.2) is 23.8 Å². The van der Waals surface area contributed by atoms with E-state index in [1.54, 1.807) is 6.92 Å². The summed E-state index contributed by atoms with van der Waals surface area (Å²) in [4.78, 5) is 41.7. The van der Waals surface area contributed by atoms with E-state index in [-0.39, 0.29) is 29.3 Å². The molecule has 0 aromatic rings. The second kappa shape index (κ2) is 7.09. The van der Waals surface area contributed by atoms with Crippen LogP contribution in [0.15, 0.2) is 28.8 Å². The highest BCUT2D eigenvalue weighted by molar-refractivity contribution is 6.01. The molecule has 3 saturated carbocycles. The molecular weight excluding hydrogens is 426 g/mol. The van der Waals surface area contributed by atoms with Crippen molar-refractivity contribution in [2.75, 3.05) is 6.61 Å². The molecule has 1 aliphatic heterocycles. The number of esters is 1. The molecule has 0 spiro atoms. The molecule has 4 aliphatic carbocycles. The van der Waals surface area contributed by atoms with Crippen molar-refractivity contribution in [1.29, 1.82) is 0 Å². The van der Waals surface area contributed by atoms with Crippen LogP contribution < -0.4 is 0 Å². The Bertz CT molecular complexity index is 1030. The molecule has 9 atom stereocenters. The average molecular weight is 458 g/mol. The van der Waals surface area contributed by atoms with Crippen molar-refractivity contribution in [3.05, 3.63) is 23.8 Å². The van der Waals surface area contributed by atoms with Gasteiger partial charge in [0.1, 0.15) is 6.10 Å². The van der Waals surface area contributed by atoms with Crippen LogP contribution in [0.1, 0.15) is 47.0 Å². The van der Waals surface area contributed by atoms with E-state index in [1.807, 2.05) is 19.9 Å². The zero-order valence-electron chi connectivity index (χ0n) is 19.4. The van der Waals surface area contributed by atoms with Crippen molar-refractivity contribution < 1.29 is 34.1 Å². The zero-order chi connectivity index (χ0) is 23.9. The van der Waals surface area contributed by atoms with Crippen molar-refractivity contribution >= 4 is 23.4 Å². The molecule has 178 valence electrons. The summed E-state index contributed by atoms with van der Waals surface area (Å²) in [5.74, 6) is -0.952. The van der Waals surface area contributed by atoms with Gasteiger partial charge in [-0.2, -0.15) is 0 Å². The first-order chi connectivity index (χ1) is 15.4. The monoisotopic (exact) mass is 457 g/mol. The second-order valence-electron chi connectivity index (χ2n) is 10.8. The van der Waals surface area contributed by atoms with Gasteiger partial charge in [0.25, 0.3) is 0 Å². The minimum absolute atomic E-state index is 0.0481. The molecule has 0 aromatic carbocycles. The number of carbonyl (C=O) groups is 3. The molecule has 5 aliphatic rings. The summed E-state index contributed by atoms with van der Waals surface area (Å²) in [7, 11) is 0. The lowest BCUT2D eigenvalue weighted by atomic mass is 9.45. The standard InChI is InChI=1S/C25H31NO7/c1-12-26-25(20(31)11-32-13(2)27)21(33-12)9-16-15-8-18(29)17-7-14(28)5-6-23(17,3)22(15)19(30)10-24(16,25)4/h5-7,15-16,18-19,21-22,29-30H,8-11H2,1-4H3/t15-,16-,18-,19-,21+,22+,23-,24-,25+/m0/s1. The van der Waals surface area contributed by atoms with Crippen LogP contribution in [0.25, 0.3) is 0 Å². The summed E-state index contributed by atoms with van der Waals surface area (Å²) < 4.78 is 11.1. The molecule has 8 nitrogen and oxygen atoms in total. The third-order valence-electron chi connectivity index (χ3n) is 9.19. The fraction of sp³-hybridized carbons (Fsp3) is 0.680. The maximum Gasteiger partial charge on any atom is 0.303 e. The number of ketones is 2. The van der Waals surface area contributed by atoms with Crippen LogP contribution in [0.2, 0.25) is 0 Å². The van der Waals surface area contributed by atoms with E-state index >= 15 is 0 Å². The van der Waals surface area contributed by atoms with Crippen molar-refractivity contribution in [3.63, 3.8) is 0 Å². The molecule has 33 heavy (non-hydrogen) atoms. The molecule has 0 aromatic heterocycles. The number of ether oxygens (including phenoxy) is 2. The van der Waals surface area contributed by atoms with Crippen LogP contribution in [-0.4, -0.2) is 64.1 Å². The predicted molar refractivity (Wildman–Crippen MR) is 117 cm³/mol. The summed E-state index contributed by atoms with van der Waals surface area (Å²) in [6.45, 7) is 6.54. The maximum absolute atomic E-state index is 13.6. The fourth-order valence-corrected chi connectivity index (χ4v) is 8.02. The third kappa shape index (κ3) is 2.83. The van der Waals surface area contributed by atoms with Crippen molar-refractivity contribution in [2.45, 2.75) is 70.8 Å². The first-order valence-electron chi connectivity index (χ1n) is 11.6. The van der Waals surface area contributed by atoms with E-state index in [1.165, 1.54) is 19.1 Å². The Labute approximate surface area is 192 Å². The van der Waals surface area contributed by atoms with Crippen molar-refractivity contribution in [3.8, 4) is 0 Å². The van der Waals surface area contributed by atoms with E-state index in [2.05, 4.69) is 0 Å². The van der Waals surface area contributed by atoms with Crippen LogP contribution in [-0.2, 0) is 23.9 Å². The summed E-state index contributed by atoms with van der Waals surface area (Å²) in [6.07, 6.45) is 4.04. The normalized spacial score (nSPS) is 47.4. The van der Waals surface area contributed by atoms with Crippen LogP contribution in [0.5, 0.6) is 0 Å². The minimum atomic E-state index is -1.25. The molecule has 0 unspecified atom stereocenters. The Morgan fingerprint density at radius 3 is 2.70 bits per heavy atom. The molecule has 8 heteroatoms. The molecule has 0 bridgehead atoms. The first kappa shape index (κ1) is 22.5. The molecule has 5 rings (SSSR count). The molecule has 3 fully saturated rings. The lowest BCUT2D eigenvalue weighted by Crippen LogP contribution is -2.63. The summed E-state index contributed by atoms with van der Waals surface area (Å²) in [5, 5.41) is 22.6. The highest BCUT2D eigenvalue weighted by Crippen LogP contribution is 2.69. The largest absolute Gasteiger partial charge is 0.475 e. The number of fused-ring (bicyclic) bond motifs is 7. The lowest BCUT2D eigenvalue weighted by Gasteiger charge is -2.60. The van der Waals surface area contributed by atoms with Crippen LogP contribution in [0, 0.1) is 28.6 Å². The molecule has 0 radical (unpaired) electrons.